The number of anilines is 3. The van der Waals surface area contributed by atoms with Crippen LogP contribution in [0.4, 0.5) is 17.3 Å². The molecule has 0 aliphatic heterocycles. The van der Waals surface area contributed by atoms with E-state index >= 15 is 0 Å². The number of thiocarbonyl (C=S) groups is 1. The fourth-order valence-corrected chi connectivity index (χ4v) is 4.36. The zero-order valence-corrected chi connectivity index (χ0v) is 19.4. The highest BCUT2D eigenvalue weighted by Crippen LogP contribution is 2.25. The van der Waals surface area contributed by atoms with Crippen molar-refractivity contribution in [3.8, 4) is 0 Å². The van der Waals surface area contributed by atoms with E-state index in [0.717, 1.165) is 16.6 Å². The van der Waals surface area contributed by atoms with E-state index in [1.165, 1.54) is 12.1 Å². The molecule has 2 aromatic heterocycles. The predicted molar refractivity (Wildman–Crippen MR) is 130 cm³/mol. The Bertz CT molecular complexity index is 1420. The molecule has 0 spiro atoms. The quantitative estimate of drug-likeness (QED) is 0.333. The van der Waals surface area contributed by atoms with Gasteiger partial charge < -0.3 is 15.2 Å². The lowest BCUT2D eigenvalue weighted by Gasteiger charge is -2.13. The highest BCUT2D eigenvalue weighted by molar-refractivity contribution is 7.92. The number of pyridine rings is 1. The van der Waals surface area contributed by atoms with Crippen LogP contribution >= 0.6 is 23.8 Å². The third-order valence-electron chi connectivity index (χ3n) is 4.76. The lowest BCUT2D eigenvalue weighted by atomic mass is 10.2. The van der Waals surface area contributed by atoms with Crippen LogP contribution in [0, 0.1) is 13.8 Å². The Morgan fingerprint density at radius 1 is 1.06 bits per heavy atom. The van der Waals surface area contributed by atoms with E-state index in [2.05, 4.69) is 25.5 Å². The molecule has 0 saturated heterocycles. The van der Waals surface area contributed by atoms with Gasteiger partial charge in [-0.2, -0.15) is 0 Å². The molecule has 0 aliphatic carbocycles. The molecule has 3 N–H and O–H groups in total. The minimum absolute atomic E-state index is 0.0763. The van der Waals surface area contributed by atoms with Crippen molar-refractivity contribution >= 4 is 67.1 Å². The first-order valence-corrected chi connectivity index (χ1v) is 11.7. The van der Waals surface area contributed by atoms with E-state index in [0.29, 0.717) is 27.1 Å². The van der Waals surface area contributed by atoms with Crippen LogP contribution in [0.3, 0.4) is 0 Å². The lowest BCUT2D eigenvalue weighted by molar-refractivity contribution is 0.430. The van der Waals surface area contributed by atoms with Crippen LogP contribution in [0.2, 0.25) is 5.02 Å². The van der Waals surface area contributed by atoms with E-state index in [4.69, 9.17) is 28.3 Å². The largest absolute Gasteiger partial charge is 0.337 e. The van der Waals surface area contributed by atoms with Crippen LogP contribution in [0.25, 0.3) is 10.9 Å². The van der Waals surface area contributed by atoms with Crippen molar-refractivity contribution in [1.29, 1.82) is 0 Å². The Kier molecular flexibility index (Phi) is 6.00. The number of sulfonamides is 1. The molecule has 0 unspecified atom stereocenters. The van der Waals surface area contributed by atoms with E-state index in [-0.39, 0.29) is 10.8 Å². The Balaban J connectivity index is 1.46. The summed E-state index contributed by atoms with van der Waals surface area (Å²) in [5, 5.41) is 11.7. The minimum atomic E-state index is -3.82. The van der Waals surface area contributed by atoms with Crippen LogP contribution < -0.4 is 15.4 Å². The van der Waals surface area contributed by atoms with Crippen molar-refractivity contribution < 1.29 is 12.9 Å². The zero-order valence-electron chi connectivity index (χ0n) is 17.0. The number of fused-ring (bicyclic) bond motifs is 1. The van der Waals surface area contributed by atoms with Crippen molar-refractivity contribution in [2.45, 2.75) is 18.7 Å². The number of hydrogen-bond donors (Lipinski definition) is 3. The highest BCUT2D eigenvalue weighted by atomic mass is 35.5. The SMILES string of the molecule is Cc1noc(NS(=O)(=O)c2ccc(NC(=S)Nc3ccnc4cc(Cl)ccc34)cc2)c1C. The first-order valence-electron chi connectivity index (χ1n) is 9.41. The molecule has 2 heterocycles. The summed E-state index contributed by atoms with van der Waals surface area (Å²) in [6.07, 6.45) is 1.66. The topological polar surface area (TPSA) is 109 Å². The summed E-state index contributed by atoms with van der Waals surface area (Å²) in [5.41, 5.74) is 3.38. The van der Waals surface area contributed by atoms with Crippen LogP contribution in [0.5, 0.6) is 0 Å². The molecule has 0 radical (unpaired) electrons. The summed E-state index contributed by atoms with van der Waals surface area (Å²) in [4.78, 5) is 4.38. The Morgan fingerprint density at radius 3 is 2.50 bits per heavy atom. The molecule has 32 heavy (non-hydrogen) atoms. The molecular weight excluding hydrogens is 470 g/mol. The maximum absolute atomic E-state index is 12.6. The minimum Gasteiger partial charge on any atom is -0.337 e. The molecule has 11 heteroatoms. The summed E-state index contributed by atoms with van der Waals surface area (Å²) >= 11 is 11.4. The van der Waals surface area contributed by atoms with Gasteiger partial charge in [0.15, 0.2) is 5.11 Å². The van der Waals surface area contributed by atoms with E-state index in [9.17, 15) is 8.42 Å². The van der Waals surface area contributed by atoms with Crippen molar-refractivity contribution in [1.82, 2.24) is 10.1 Å². The molecule has 2 aromatic carbocycles. The van der Waals surface area contributed by atoms with Crippen molar-refractivity contribution in [2.75, 3.05) is 15.4 Å². The van der Waals surface area contributed by atoms with Crippen molar-refractivity contribution in [2.24, 2.45) is 0 Å². The van der Waals surface area contributed by atoms with Gasteiger partial charge in [0.05, 0.1) is 21.8 Å². The van der Waals surface area contributed by atoms with Crippen molar-refractivity contribution in [3.05, 3.63) is 71.0 Å². The average molecular weight is 488 g/mol. The number of nitrogens with one attached hydrogen (secondary N) is 3. The second kappa shape index (κ2) is 8.73. The normalized spacial score (nSPS) is 11.3. The number of rotatable bonds is 5. The summed E-state index contributed by atoms with van der Waals surface area (Å²) in [5.74, 6) is 0.0981. The van der Waals surface area contributed by atoms with Gasteiger partial charge in [0.1, 0.15) is 0 Å². The number of nitrogens with zero attached hydrogens (tertiary/aromatic N) is 2. The first kappa shape index (κ1) is 22.0. The molecular formula is C21H18ClN5O3S2. The number of aromatic nitrogens is 2. The second-order valence-corrected chi connectivity index (χ2v) is 9.48. The first-order chi connectivity index (χ1) is 15.2. The van der Waals surface area contributed by atoms with E-state index in [1.54, 1.807) is 50.4 Å². The molecule has 0 aliphatic rings. The second-order valence-electron chi connectivity index (χ2n) is 6.95. The summed E-state index contributed by atoms with van der Waals surface area (Å²) < 4.78 is 32.7. The Labute approximate surface area is 195 Å². The molecule has 0 bridgehead atoms. The maximum atomic E-state index is 12.6. The molecule has 0 atom stereocenters. The standard InChI is InChI=1S/C21H18ClN5O3S2/c1-12-13(2)26-30-20(12)27-32(28,29)16-6-4-15(5-7-16)24-21(31)25-18-9-10-23-19-11-14(22)3-8-17(18)19/h3-11,27H,1-2H3,(H2,23,24,25,31). The van der Waals surface area contributed by atoms with Crippen LogP contribution in [0.1, 0.15) is 11.3 Å². The van der Waals surface area contributed by atoms with Gasteiger partial charge in [0.25, 0.3) is 10.0 Å². The molecule has 0 saturated carbocycles. The smallest absolute Gasteiger partial charge is 0.264 e. The molecule has 164 valence electrons. The average Bonchev–Trinajstić information content (AvgIpc) is 3.05. The third kappa shape index (κ3) is 4.67. The van der Waals surface area contributed by atoms with Gasteiger partial charge in [0, 0.05) is 27.9 Å². The lowest BCUT2D eigenvalue weighted by Crippen LogP contribution is -2.19. The van der Waals surface area contributed by atoms with Crippen LogP contribution in [0.15, 0.2) is 64.1 Å². The van der Waals surface area contributed by atoms with Crippen LogP contribution in [-0.2, 0) is 10.0 Å². The Hall–Kier alpha value is -3.21. The van der Waals surface area contributed by atoms with E-state index < -0.39 is 10.0 Å². The van der Waals surface area contributed by atoms with Crippen molar-refractivity contribution in [3.63, 3.8) is 0 Å². The number of halogens is 1. The summed E-state index contributed by atoms with van der Waals surface area (Å²) in [7, 11) is -3.82. The molecule has 4 rings (SSSR count). The van der Waals surface area contributed by atoms with Gasteiger partial charge >= 0.3 is 0 Å². The number of benzene rings is 2. The molecule has 0 amide bonds. The Morgan fingerprint density at radius 2 is 1.81 bits per heavy atom. The van der Waals surface area contributed by atoms with Gasteiger partial charge in [0.2, 0.25) is 5.88 Å². The molecule has 0 fully saturated rings. The third-order valence-corrected chi connectivity index (χ3v) is 6.55. The van der Waals surface area contributed by atoms with Gasteiger partial charge in [-0.1, -0.05) is 16.8 Å². The number of hydrogen-bond acceptors (Lipinski definition) is 6. The van der Waals surface area contributed by atoms with Gasteiger partial charge in [-0.15, -0.1) is 0 Å². The fourth-order valence-electron chi connectivity index (χ4n) is 2.92. The maximum Gasteiger partial charge on any atom is 0.264 e. The zero-order chi connectivity index (χ0) is 22.9. The van der Waals surface area contributed by atoms with Gasteiger partial charge in [-0.05, 0) is 74.6 Å². The molecule has 4 aromatic rings. The summed E-state index contributed by atoms with van der Waals surface area (Å²) in [6, 6.07) is 13.4. The fraction of sp³-hybridized carbons (Fsp3) is 0.0952. The summed E-state index contributed by atoms with van der Waals surface area (Å²) in [6.45, 7) is 3.46. The van der Waals surface area contributed by atoms with Gasteiger partial charge in [-0.3, -0.25) is 4.98 Å². The van der Waals surface area contributed by atoms with E-state index in [1.807, 2.05) is 6.07 Å². The molecule has 8 nitrogen and oxygen atoms in total. The monoisotopic (exact) mass is 487 g/mol. The van der Waals surface area contributed by atoms with Crippen LogP contribution in [-0.4, -0.2) is 23.7 Å². The number of aryl methyl sites for hydroxylation is 1. The predicted octanol–water partition coefficient (Wildman–Crippen LogP) is 5.10. The highest BCUT2D eigenvalue weighted by Gasteiger charge is 2.19. The van der Waals surface area contributed by atoms with Gasteiger partial charge in [-0.25, -0.2) is 13.1 Å².